The van der Waals surface area contributed by atoms with E-state index in [0.29, 0.717) is 24.5 Å². The number of amides is 2. The molecule has 0 aliphatic heterocycles. The minimum atomic E-state index is -0.885. The molecule has 2 aromatic rings. The Kier molecular flexibility index (Phi) is 9.72. The van der Waals surface area contributed by atoms with Gasteiger partial charge in [0, 0.05) is 19.2 Å². The van der Waals surface area contributed by atoms with Gasteiger partial charge in [-0.05, 0) is 54.8 Å². The van der Waals surface area contributed by atoms with Crippen LogP contribution in [-0.4, -0.2) is 56.1 Å². The van der Waals surface area contributed by atoms with E-state index in [0.717, 1.165) is 11.3 Å². The maximum atomic E-state index is 12.6. The van der Waals surface area contributed by atoms with Gasteiger partial charge in [0.2, 0.25) is 0 Å². The van der Waals surface area contributed by atoms with Crippen molar-refractivity contribution in [2.45, 2.75) is 33.4 Å². The van der Waals surface area contributed by atoms with Gasteiger partial charge in [0.05, 0.1) is 13.7 Å². The van der Waals surface area contributed by atoms with Crippen LogP contribution in [0.1, 0.15) is 36.7 Å². The summed E-state index contributed by atoms with van der Waals surface area (Å²) in [6.07, 6.45) is 0. The largest absolute Gasteiger partial charge is 0.497 e. The molecule has 2 aromatic carbocycles. The number of carbonyl (C=O) groups excluding carboxylic acids is 3. The van der Waals surface area contributed by atoms with Gasteiger partial charge in [-0.1, -0.05) is 26.0 Å². The molecular weight excluding hydrogens is 424 g/mol. The van der Waals surface area contributed by atoms with Crippen LogP contribution in [0.4, 0.5) is 0 Å². The fraction of sp³-hybridized carbons (Fsp3) is 0.400. The van der Waals surface area contributed by atoms with E-state index in [-0.39, 0.29) is 11.8 Å². The van der Waals surface area contributed by atoms with Gasteiger partial charge in [-0.25, -0.2) is 4.79 Å². The Morgan fingerprint density at radius 3 is 2.12 bits per heavy atom. The number of carbonyl (C=O) groups is 3. The maximum absolute atomic E-state index is 12.6. The van der Waals surface area contributed by atoms with Crippen molar-refractivity contribution in [1.82, 2.24) is 10.2 Å². The number of hydrogen-bond acceptors (Lipinski definition) is 6. The zero-order chi connectivity index (χ0) is 24.4. The molecule has 0 fully saturated rings. The molecule has 8 heteroatoms. The number of benzene rings is 2. The van der Waals surface area contributed by atoms with Gasteiger partial charge in [-0.15, -0.1) is 0 Å². The Balaban J connectivity index is 1.89. The Hall–Kier alpha value is -3.55. The number of hydrogen-bond donors (Lipinski definition) is 1. The number of nitrogens with zero attached hydrogens (tertiary/aromatic N) is 1. The van der Waals surface area contributed by atoms with Crippen LogP contribution in [0.25, 0.3) is 0 Å². The van der Waals surface area contributed by atoms with Gasteiger partial charge in [0.25, 0.3) is 11.8 Å². The molecule has 178 valence electrons. The van der Waals surface area contributed by atoms with E-state index in [2.05, 4.69) is 5.32 Å². The summed E-state index contributed by atoms with van der Waals surface area (Å²) in [5.41, 5.74) is 1.31. The van der Waals surface area contributed by atoms with Crippen molar-refractivity contribution >= 4 is 17.8 Å². The van der Waals surface area contributed by atoms with Crippen LogP contribution in [0.3, 0.4) is 0 Å². The second kappa shape index (κ2) is 12.5. The third-order valence-corrected chi connectivity index (χ3v) is 4.98. The lowest BCUT2D eigenvalue weighted by molar-refractivity contribution is -0.154. The Bertz CT molecular complexity index is 925. The third-order valence-electron chi connectivity index (χ3n) is 4.98. The van der Waals surface area contributed by atoms with Crippen molar-refractivity contribution in [1.29, 1.82) is 0 Å². The molecular formula is C25H32N2O6. The molecule has 0 aromatic heterocycles. The number of nitrogens with one attached hydrogen (secondary N) is 1. The summed E-state index contributed by atoms with van der Waals surface area (Å²) in [5, 5.41) is 2.69. The highest BCUT2D eigenvalue weighted by molar-refractivity contribution is 5.97. The van der Waals surface area contributed by atoms with Gasteiger partial charge in [0.15, 0.2) is 6.61 Å². The van der Waals surface area contributed by atoms with Crippen LogP contribution in [-0.2, 0) is 20.9 Å². The quantitative estimate of drug-likeness (QED) is 0.523. The van der Waals surface area contributed by atoms with Crippen LogP contribution in [0, 0.1) is 5.92 Å². The Morgan fingerprint density at radius 2 is 1.58 bits per heavy atom. The summed E-state index contributed by atoms with van der Waals surface area (Å²) in [6.45, 7) is 6.04. The highest BCUT2D eigenvalue weighted by Gasteiger charge is 2.27. The lowest BCUT2D eigenvalue weighted by atomic mass is 10.0. The lowest BCUT2D eigenvalue weighted by Gasteiger charge is -2.22. The van der Waals surface area contributed by atoms with E-state index >= 15 is 0 Å². The fourth-order valence-electron chi connectivity index (χ4n) is 3.02. The van der Waals surface area contributed by atoms with Crippen LogP contribution >= 0.6 is 0 Å². The molecule has 33 heavy (non-hydrogen) atoms. The van der Waals surface area contributed by atoms with Gasteiger partial charge in [-0.3, -0.25) is 9.59 Å². The summed E-state index contributed by atoms with van der Waals surface area (Å²) >= 11 is 0. The first kappa shape index (κ1) is 25.7. The van der Waals surface area contributed by atoms with Crippen LogP contribution < -0.4 is 14.8 Å². The number of rotatable bonds is 11. The maximum Gasteiger partial charge on any atom is 0.329 e. The van der Waals surface area contributed by atoms with Gasteiger partial charge >= 0.3 is 5.97 Å². The van der Waals surface area contributed by atoms with Crippen LogP contribution in [0.2, 0.25) is 0 Å². The Labute approximate surface area is 194 Å². The first-order valence-corrected chi connectivity index (χ1v) is 10.8. The van der Waals surface area contributed by atoms with Crippen LogP contribution in [0.15, 0.2) is 48.5 Å². The second-order valence-corrected chi connectivity index (χ2v) is 7.86. The SMILES string of the molecule is CCOc1ccc(CN(C)C(=O)COC(=O)C(NC(=O)c2ccc(OC)cc2)C(C)C)cc1. The molecule has 0 saturated carbocycles. The standard InChI is InChI=1S/C25H32N2O6/c1-6-32-21-11-7-18(8-12-21)15-27(4)22(28)16-33-25(30)23(17(2)3)26-24(29)19-9-13-20(31-5)14-10-19/h7-14,17,23H,6,15-16H2,1-5H3,(H,26,29). The predicted octanol–water partition coefficient (Wildman–Crippen LogP) is 3.05. The van der Waals surface area contributed by atoms with Gasteiger partial charge in [-0.2, -0.15) is 0 Å². The summed E-state index contributed by atoms with van der Waals surface area (Å²) < 4.78 is 15.7. The van der Waals surface area contributed by atoms with Gasteiger partial charge in [0.1, 0.15) is 17.5 Å². The van der Waals surface area contributed by atoms with Crippen molar-refractivity contribution < 1.29 is 28.6 Å². The average Bonchev–Trinajstić information content (AvgIpc) is 2.81. The summed E-state index contributed by atoms with van der Waals surface area (Å²) in [7, 11) is 3.18. The highest BCUT2D eigenvalue weighted by Crippen LogP contribution is 2.14. The summed E-state index contributed by atoms with van der Waals surface area (Å²) in [6, 6.07) is 13.1. The zero-order valence-corrected chi connectivity index (χ0v) is 19.8. The number of esters is 1. The predicted molar refractivity (Wildman–Crippen MR) is 124 cm³/mol. The molecule has 8 nitrogen and oxygen atoms in total. The number of ether oxygens (including phenoxy) is 3. The van der Waals surface area contributed by atoms with E-state index in [1.165, 1.54) is 12.0 Å². The van der Waals surface area contributed by atoms with Gasteiger partial charge < -0.3 is 24.4 Å². The van der Waals surface area contributed by atoms with Crippen molar-refractivity contribution in [2.75, 3.05) is 27.4 Å². The van der Waals surface area contributed by atoms with Crippen molar-refractivity contribution in [3.05, 3.63) is 59.7 Å². The summed E-state index contributed by atoms with van der Waals surface area (Å²) in [4.78, 5) is 39.0. The van der Waals surface area contributed by atoms with E-state index in [4.69, 9.17) is 14.2 Å². The minimum Gasteiger partial charge on any atom is -0.497 e. The normalized spacial score (nSPS) is 11.5. The smallest absolute Gasteiger partial charge is 0.329 e. The van der Waals surface area contributed by atoms with Crippen LogP contribution in [0.5, 0.6) is 11.5 Å². The molecule has 0 spiro atoms. The Morgan fingerprint density at radius 1 is 0.970 bits per heavy atom. The van der Waals surface area contributed by atoms with E-state index in [1.807, 2.05) is 31.2 Å². The lowest BCUT2D eigenvalue weighted by Crippen LogP contribution is -2.46. The zero-order valence-electron chi connectivity index (χ0n) is 19.8. The molecule has 0 aliphatic rings. The molecule has 2 rings (SSSR count). The molecule has 1 N–H and O–H groups in total. The number of likely N-dealkylation sites (N-methyl/N-ethyl adjacent to an activating group) is 1. The van der Waals surface area contributed by atoms with E-state index in [1.54, 1.807) is 45.2 Å². The van der Waals surface area contributed by atoms with E-state index < -0.39 is 24.5 Å². The molecule has 1 atom stereocenters. The monoisotopic (exact) mass is 456 g/mol. The molecule has 0 saturated heterocycles. The molecule has 0 heterocycles. The molecule has 1 unspecified atom stereocenters. The third kappa shape index (κ3) is 7.82. The topological polar surface area (TPSA) is 94.2 Å². The minimum absolute atomic E-state index is 0.226. The molecule has 0 radical (unpaired) electrons. The van der Waals surface area contributed by atoms with Crippen molar-refractivity contribution in [2.24, 2.45) is 5.92 Å². The molecule has 0 aliphatic carbocycles. The first-order valence-electron chi connectivity index (χ1n) is 10.8. The molecule has 0 bridgehead atoms. The van der Waals surface area contributed by atoms with Crippen molar-refractivity contribution in [3.8, 4) is 11.5 Å². The number of methoxy groups -OCH3 is 1. The van der Waals surface area contributed by atoms with E-state index in [9.17, 15) is 14.4 Å². The first-order chi connectivity index (χ1) is 15.7. The van der Waals surface area contributed by atoms with Crippen molar-refractivity contribution in [3.63, 3.8) is 0 Å². The highest BCUT2D eigenvalue weighted by atomic mass is 16.5. The molecule has 2 amide bonds. The second-order valence-electron chi connectivity index (χ2n) is 7.86. The summed E-state index contributed by atoms with van der Waals surface area (Å²) in [5.74, 6) is -0.251. The fourth-order valence-corrected chi connectivity index (χ4v) is 3.02. The average molecular weight is 457 g/mol.